The van der Waals surface area contributed by atoms with Crippen LogP contribution in [0.4, 0.5) is 17.6 Å². The smallest absolute Gasteiger partial charge is 0.325 e. The Morgan fingerprint density at radius 1 is 0.963 bits per heavy atom. The van der Waals surface area contributed by atoms with Crippen molar-refractivity contribution in [3.8, 4) is 28.3 Å². The van der Waals surface area contributed by atoms with Crippen molar-refractivity contribution >= 4 is 0 Å². The number of aromatic nitrogens is 1. The maximum absolute atomic E-state index is 13.4. The molecule has 3 rings (SSSR count). The lowest BCUT2D eigenvalue weighted by atomic mass is 9.97. The summed E-state index contributed by atoms with van der Waals surface area (Å²) in [7, 11) is 0. The Kier molecular flexibility index (Phi) is 4.58. The van der Waals surface area contributed by atoms with Gasteiger partial charge in [-0.3, -0.25) is 4.79 Å². The molecule has 0 saturated heterocycles. The highest BCUT2D eigenvalue weighted by molar-refractivity contribution is 5.74. The molecule has 0 aliphatic carbocycles. The van der Waals surface area contributed by atoms with Crippen LogP contribution in [0.1, 0.15) is 16.8 Å². The number of rotatable bonds is 2. The monoisotopic (exact) mass is 372 g/mol. The van der Waals surface area contributed by atoms with Crippen LogP contribution in [0.25, 0.3) is 22.3 Å². The van der Waals surface area contributed by atoms with Gasteiger partial charge in [-0.1, -0.05) is 30.3 Å². The van der Waals surface area contributed by atoms with E-state index >= 15 is 0 Å². The van der Waals surface area contributed by atoms with Crippen LogP contribution in [0.2, 0.25) is 0 Å². The fourth-order valence-electron chi connectivity index (χ4n) is 2.79. The highest BCUT2D eigenvalue weighted by atomic mass is 19.4. The fraction of sp³-hybridized carbons (Fsp3) is 0.100. The summed E-state index contributed by atoms with van der Waals surface area (Å²) in [5, 5.41) is 9.20. The molecule has 0 spiro atoms. The summed E-state index contributed by atoms with van der Waals surface area (Å²) in [6, 6.07) is 12.6. The minimum Gasteiger partial charge on any atom is -0.325 e. The lowest BCUT2D eigenvalue weighted by Gasteiger charge is -2.11. The summed E-state index contributed by atoms with van der Waals surface area (Å²) in [6.07, 6.45) is -4.79. The topological polar surface area (TPSA) is 56.6 Å². The minimum atomic E-state index is -4.79. The number of alkyl halides is 3. The van der Waals surface area contributed by atoms with Crippen molar-refractivity contribution in [2.24, 2.45) is 0 Å². The second kappa shape index (κ2) is 6.72. The molecule has 3 nitrogen and oxygen atoms in total. The van der Waals surface area contributed by atoms with Crippen molar-refractivity contribution in [2.45, 2.75) is 13.1 Å². The van der Waals surface area contributed by atoms with Gasteiger partial charge in [-0.25, -0.2) is 4.39 Å². The highest BCUT2D eigenvalue weighted by Gasteiger charge is 2.34. The van der Waals surface area contributed by atoms with E-state index in [0.717, 1.165) is 12.1 Å². The SMILES string of the molecule is Cc1cc(-c2ccc(-c3ccc(F)c(C(F)(F)F)c3)cc2)c(C#N)c(=O)[nH]1. The zero-order valence-corrected chi connectivity index (χ0v) is 14.0. The third kappa shape index (κ3) is 3.60. The maximum atomic E-state index is 13.4. The van der Waals surface area contributed by atoms with Crippen molar-refractivity contribution in [3.63, 3.8) is 0 Å². The number of hydrogen-bond donors (Lipinski definition) is 1. The standard InChI is InChI=1S/C20H12F4N2O/c1-11-8-15(16(10-25)19(27)26-11)13-4-2-12(3-5-13)14-6-7-18(21)17(9-14)20(22,23)24/h2-9H,1H3,(H,26,27). The molecule has 0 aliphatic heterocycles. The molecule has 136 valence electrons. The van der Waals surface area contributed by atoms with E-state index in [2.05, 4.69) is 4.98 Å². The van der Waals surface area contributed by atoms with E-state index in [0.29, 0.717) is 22.4 Å². The van der Waals surface area contributed by atoms with Gasteiger partial charge in [0.15, 0.2) is 0 Å². The Balaban J connectivity index is 2.06. The van der Waals surface area contributed by atoms with Gasteiger partial charge < -0.3 is 4.98 Å². The van der Waals surface area contributed by atoms with Gasteiger partial charge >= 0.3 is 6.18 Å². The van der Waals surface area contributed by atoms with Gasteiger partial charge in [-0.05, 0) is 41.8 Å². The Morgan fingerprint density at radius 3 is 2.15 bits per heavy atom. The van der Waals surface area contributed by atoms with Gasteiger partial charge in [-0.15, -0.1) is 0 Å². The van der Waals surface area contributed by atoms with Crippen LogP contribution in [0.15, 0.2) is 53.3 Å². The van der Waals surface area contributed by atoms with Gasteiger partial charge in [0.25, 0.3) is 5.56 Å². The number of aryl methyl sites for hydroxylation is 1. The summed E-state index contributed by atoms with van der Waals surface area (Å²) < 4.78 is 52.1. The van der Waals surface area contributed by atoms with Crippen LogP contribution in [0, 0.1) is 24.1 Å². The molecule has 0 bridgehead atoms. The maximum Gasteiger partial charge on any atom is 0.419 e. The number of H-pyrrole nitrogens is 1. The van der Waals surface area contributed by atoms with Gasteiger partial charge in [0.2, 0.25) is 0 Å². The quantitative estimate of drug-likeness (QED) is 0.640. The van der Waals surface area contributed by atoms with Gasteiger partial charge in [0, 0.05) is 11.3 Å². The molecule has 2 aromatic carbocycles. The number of pyridine rings is 1. The molecule has 7 heteroatoms. The highest BCUT2D eigenvalue weighted by Crippen LogP contribution is 2.34. The van der Waals surface area contributed by atoms with Crippen LogP contribution < -0.4 is 5.56 Å². The van der Waals surface area contributed by atoms with Crippen molar-refractivity contribution in [2.75, 3.05) is 0 Å². The van der Waals surface area contributed by atoms with E-state index in [1.165, 1.54) is 6.07 Å². The predicted octanol–water partition coefficient (Wildman–Crippen LogP) is 5.05. The second-order valence-electron chi connectivity index (χ2n) is 5.95. The zero-order chi connectivity index (χ0) is 19.8. The minimum absolute atomic E-state index is 0.0468. The summed E-state index contributed by atoms with van der Waals surface area (Å²) in [5.41, 5.74) is 0.345. The van der Waals surface area contributed by atoms with Gasteiger partial charge in [-0.2, -0.15) is 18.4 Å². The first-order valence-corrected chi connectivity index (χ1v) is 7.82. The molecular formula is C20H12F4N2O. The Labute approximate surface area is 151 Å². The molecule has 3 aromatic rings. The Morgan fingerprint density at radius 2 is 1.56 bits per heavy atom. The third-order valence-electron chi connectivity index (χ3n) is 4.08. The molecule has 1 heterocycles. The first-order chi connectivity index (χ1) is 12.7. The normalized spacial score (nSPS) is 11.3. The molecule has 0 fully saturated rings. The number of nitriles is 1. The van der Waals surface area contributed by atoms with Crippen LogP contribution in [0.3, 0.4) is 0 Å². The molecule has 1 aromatic heterocycles. The number of benzene rings is 2. The summed E-state index contributed by atoms with van der Waals surface area (Å²) in [5.74, 6) is -1.33. The van der Waals surface area contributed by atoms with E-state index in [4.69, 9.17) is 0 Å². The lowest BCUT2D eigenvalue weighted by Crippen LogP contribution is -2.12. The van der Waals surface area contributed by atoms with Crippen molar-refractivity contribution in [3.05, 3.63) is 81.5 Å². The second-order valence-corrected chi connectivity index (χ2v) is 5.95. The van der Waals surface area contributed by atoms with E-state index in [9.17, 15) is 27.6 Å². The van der Waals surface area contributed by atoms with E-state index in [1.54, 1.807) is 37.3 Å². The molecule has 0 saturated carbocycles. The van der Waals surface area contributed by atoms with Crippen LogP contribution in [-0.2, 0) is 6.18 Å². The van der Waals surface area contributed by atoms with Crippen LogP contribution in [0.5, 0.6) is 0 Å². The molecule has 27 heavy (non-hydrogen) atoms. The number of nitrogens with zero attached hydrogens (tertiary/aromatic N) is 1. The summed E-state index contributed by atoms with van der Waals surface area (Å²) in [6.45, 7) is 1.68. The summed E-state index contributed by atoms with van der Waals surface area (Å²) in [4.78, 5) is 14.4. The summed E-state index contributed by atoms with van der Waals surface area (Å²) >= 11 is 0. The number of aromatic amines is 1. The average molecular weight is 372 g/mol. The molecule has 0 radical (unpaired) electrons. The lowest BCUT2D eigenvalue weighted by molar-refractivity contribution is -0.139. The van der Waals surface area contributed by atoms with E-state index < -0.39 is 23.1 Å². The van der Waals surface area contributed by atoms with Gasteiger partial charge in [0.1, 0.15) is 17.4 Å². The Hall–Kier alpha value is -3.40. The first-order valence-electron chi connectivity index (χ1n) is 7.82. The first kappa shape index (κ1) is 18.4. The molecule has 0 atom stereocenters. The average Bonchev–Trinajstić information content (AvgIpc) is 2.61. The molecular weight excluding hydrogens is 360 g/mol. The molecule has 0 unspecified atom stereocenters. The Bertz CT molecular complexity index is 1110. The molecule has 1 N–H and O–H groups in total. The fourth-order valence-corrected chi connectivity index (χ4v) is 2.79. The van der Waals surface area contributed by atoms with E-state index in [1.807, 2.05) is 6.07 Å². The predicted molar refractivity (Wildman–Crippen MR) is 92.3 cm³/mol. The zero-order valence-electron chi connectivity index (χ0n) is 14.0. The van der Waals surface area contributed by atoms with Crippen molar-refractivity contribution in [1.29, 1.82) is 5.26 Å². The van der Waals surface area contributed by atoms with Crippen LogP contribution >= 0.6 is 0 Å². The molecule has 0 amide bonds. The van der Waals surface area contributed by atoms with Gasteiger partial charge in [0.05, 0.1) is 5.56 Å². The van der Waals surface area contributed by atoms with E-state index in [-0.39, 0.29) is 11.1 Å². The number of nitrogens with one attached hydrogen (secondary N) is 1. The number of halogens is 4. The van der Waals surface area contributed by atoms with Crippen LogP contribution in [-0.4, -0.2) is 4.98 Å². The number of hydrogen-bond acceptors (Lipinski definition) is 2. The third-order valence-corrected chi connectivity index (χ3v) is 4.08. The van der Waals surface area contributed by atoms with Crippen molar-refractivity contribution in [1.82, 2.24) is 4.98 Å². The largest absolute Gasteiger partial charge is 0.419 e. The molecule has 0 aliphatic rings. The van der Waals surface area contributed by atoms with Crippen molar-refractivity contribution < 1.29 is 17.6 Å².